The number of aromatic nitrogens is 2. The molecule has 0 saturated heterocycles. The lowest BCUT2D eigenvalue weighted by Gasteiger charge is -2.26. The second-order valence-corrected chi connectivity index (χ2v) is 4.53. The van der Waals surface area contributed by atoms with Crippen LogP contribution in [0.4, 0.5) is 0 Å². The van der Waals surface area contributed by atoms with E-state index in [4.69, 9.17) is 15.3 Å². The van der Waals surface area contributed by atoms with Crippen LogP contribution in [0, 0.1) is 0 Å². The summed E-state index contributed by atoms with van der Waals surface area (Å²) in [4.78, 5) is 0. The van der Waals surface area contributed by atoms with Crippen LogP contribution in [-0.2, 0) is 11.3 Å². The molecule has 0 bridgehead atoms. The molecule has 0 fully saturated rings. The highest BCUT2D eigenvalue weighted by Gasteiger charge is 2.28. The zero-order valence-corrected chi connectivity index (χ0v) is 12.3. The maximum Gasteiger partial charge on any atom is 0.161 e. The summed E-state index contributed by atoms with van der Waals surface area (Å²) in [5.74, 6) is 6.48. The van der Waals surface area contributed by atoms with Gasteiger partial charge in [-0.25, -0.2) is 5.43 Å². The molecule has 1 rings (SSSR count). The van der Waals surface area contributed by atoms with E-state index in [1.807, 2.05) is 4.68 Å². The molecule has 3 N–H and O–H groups in total. The van der Waals surface area contributed by atoms with Gasteiger partial charge in [-0.3, -0.25) is 10.5 Å². The highest BCUT2D eigenvalue weighted by atomic mass is 16.5. The summed E-state index contributed by atoms with van der Waals surface area (Å²) in [5.41, 5.74) is 3.80. The Morgan fingerprint density at radius 1 is 1.37 bits per heavy atom. The molecule has 19 heavy (non-hydrogen) atoms. The summed E-state index contributed by atoms with van der Waals surface area (Å²) in [6.45, 7) is 5.07. The van der Waals surface area contributed by atoms with E-state index < -0.39 is 0 Å². The van der Waals surface area contributed by atoms with E-state index in [0.717, 1.165) is 37.3 Å². The number of nitrogens with two attached hydrogens (primary N) is 1. The van der Waals surface area contributed by atoms with Gasteiger partial charge in [0.15, 0.2) is 5.75 Å². The summed E-state index contributed by atoms with van der Waals surface area (Å²) >= 11 is 0. The van der Waals surface area contributed by atoms with E-state index in [9.17, 15) is 0 Å². The average molecular weight is 270 g/mol. The Bertz CT molecular complexity index is 368. The quantitative estimate of drug-likeness (QED) is 0.527. The van der Waals surface area contributed by atoms with Gasteiger partial charge in [0, 0.05) is 13.7 Å². The molecule has 0 radical (unpaired) electrons. The Kier molecular flexibility index (Phi) is 6.83. The van der Waals surface area contributed by atoms with Gasteiger partial charge in [-0.2, -0.15) is 5.10 Å². The second-order valence-electron chi connectivity index (χ2n) is 4.53. The summed E-state index contributed by atoms with van der Waals surface area (Å²) in [7, 11) is 3.35. The largest absolute Gasteiger partial charge is 0.493 e. The number of methoxy groups -OCH3 is 2. The molecule has 0 spiro atoms. The third kappa shape index (κ3) is 3.68. The molecule has 6 nitrogen and oxygen atoms in total. The molecule has 0 saturated carbocycles. The van der Waals surface area contributed by atoms with E-state index in [1.165, 1.54) is 0 Å². The zero-order valence-electron chi connectivity index (χ0n) is 12.3. The number of hydrogen-bond donors (Lipinski definition) is 2. The lowest BCUT2D eigenvalue weighted by molar-refractivity contribution is 0.0569. The van der Waals surface area contributed by atoms with Crippen molar-refractivity contribution in [3.8, 4) is 5.75 Å². The fourth-order valence-electron chi connectivity index (χ4n) is 2.31. The number of nitrogens with zero attached hydrogens (tertiary/aromatic N) is 2. The molecule has 1 aromatic heterocycles. The van der Waals surface area contributed by atoms with E-state index in [0.29, 0.717) is 0 Å². The number of nitrogens with one attached hydrogen (secondary N) is 1. The van der Waals surface area contributed by atoms with Crippen molar-refractivity contribution in [2.75, 3.05) is 14.2 Å². The molecular formula is C13H26N4O2. The van der Waals surface area contributed by atoms with Gasteiger partial charge in [0.25, 0.3) is 0 Å². The molecule has 0 aliphatic carbocycles. The number of hydrazine groups is 1. The number of ether oxygens (including phenoxy) is 2. The standard InChI is InChI=1S/C13H26N4O2/c1-5-7-10(18-3)12(16-14)13-11(19-4)9-15-17(13)8-6-2/h9-10,12,16H,5-8,14H2,1-4H3. The highest BCUT2D eigenvalue weighted by molar-refractivity contribution is 5.29. The van der Waals surface area contributed by atoms with Gasteiger partial charge < -0.3 is 9.47 Å². The van der Waals surface area contributed by atoms with E-state index >= 15 is 0 Å². The van der Waals surface area contributed by atoms with Crippen molar-refractivity contribution in [2.45, 2.75) is 51.8 Å². The normalized spacial score (nSPS) is 14.4. The van der Waals surface area contributed by atoms with Crippen molar-refractivity contribution in [3.05, 3.63) is 11.9 Å². The first kappa shape index (κ1) is 15.9. The van der Waals surface area contributed by atoms with Gasteiger partial charge in [0.2, 0.25) is 0 Å². The molecule has 0 amide bonds. The maximum absolute atomic E-state index is 5.73. The van der Waals surface area contributed by atoms with Crippen LogP contribution in [-0.4, -0.2) is 30.1 Å². The first-order valence-electron chi connectivity index (χ1n) is 6.81. The van der Waals surface area contributed by atoms with Crippen molar-refractivity contribution >= 4 is 0 Å². The number of aryl methyl sites for hydroxylation is 1. The molecule has 0 aliphatic heterocycles. The van der Waals surface area contributed by atoms with Gasteiger partial charge in [0.05, 0.1) is 25.5 Å². The van der Waals surface area contributed by atoms with E-state index in [2.05, 4.69) is 24.4 Å². The number of hydrogen-bond acceptors (Lipinski definition) is 5. The third-order valence-corrected chi connectivity index (χ3v) is 3.22. The summed E-state index contributed by atoms with van der Waals surface area (Å²) in [6, 6.07) is -0.131. The van der Waals surface area contributed by atoms with Gasteiger partial charge in [0.1, 0.15) is 5.69 Å². The van der Waals surface area contributed by atoms with Gasteiger partial charge in [-0.15, -0.1) is 0 Å². The van der Waals surface area contributed by atoms with Crippen molar-refractivity contribution in [3.63, 3.8) is 0 Å². The summed E-state index contributed by atoms with van der Waals surface area (Å²) in [5, 5.41) is 4.36. The second kappa shape index (κ2) is 8.14. The topological polar surface area (TPSA) is 74.3 Å². The molecule has 0 aliphatic rings. The Labute approximate surface area is 115 Å². The molecule has 2 unspecified atom stereocenters. The molecule has 6 heteroatoms. The monoisotopic (exact) mass is 270 g/mol. The van der Waals surface area contributed by atoms with Crippen LogP contribution in [0.2, 0.25) is 0 Å². The molecule has 1 heterocycles. The van der Waals surface area contributed by atoms with Crippen LogP contribution in [0.3, 0.4) is 0 Å². The van der Waals surface area contributed by atoms with Crippen molar-refractivity contribution in [1.29, 1.82) is 0 Å². The fourth-order valence-corrected chi connectivity index (χ4v) is 2.31. The molecule has 2 atom stereocenters. The molecule has 0 aromatic carbocycles. The lowest BCUT2D eigenvalue weighted by atomic mass is 10.0. The predicted molar refractivity (Wildman–Crippen MR) is 74.8 cm³/mol. The van der Waals surface area contributed by atoms with E-state index in [1.54, 1.807) is 20.4 Å². The Balaban J connectivity index is 3.10. The van der Waals surface area contributed by atoms with E-state index in [-0.39, 0.29) is 12.1 Å². The third-order valence-electron chi connectivity index (χ3n) is 3.22. The minimum Gasteiger partial charge on any atom is -0.493 e. The van der Waals surface area contributed by atoms with Crippen LogP contribution in [0.1, 0.15) is 44.8 Å². The molecule has 1 aromatic rings. The minimum absolute atomic E-state index is 0.00351. The fraction of sp³-hybridized carbons (Fsp3) is 0.769. The summed E-state index contributed by atoms with van der Waals surface area (Å²) < 4.78 is 12.9. The van der Waals surface area contributed by atoms with Crippen molar-refractivity contribution < 1.29 is 9.47 Å². The van der Waals surface area contributed by atoms with Gasteiger partial charge in [-0.1, -0.05) is 20.3 Å². The van der Waals surface area contributed by atoms with Crippen molar-refractivity contribution in [1.82, 2.24) is 15.2 Å². The Hall–Kier alpha value is -1.11. The van der Waals surface area contributed by atoms with Crippen LogP contribution in [0.25, 0.3) is 0 Å². The molecule has 110 valence electrons. The Morgan fingerprint density at radius 3 is 2.58 bits per heavy atom. The first-order valence-corrected chi connectivity index (χ1v) is 6.81. The number of rotatable bonds is 9. The van der Waals surface area contributed by atoms with Gasteiger partial charge >= 0.3 is 0 Å². The lowest BCUT2D eigenvalue weighted by Crippen LogP contribution is -2.39. The summed E-state index contributed by atoms with van der Waals surface area (Å²) in [6.07, 6.45) is 4.68. The van der Waals surface area contributed by atoms with Crippen LogP contribution in [0.5, 0.6) is 5.75 Å². The average Bonchev–Trinajstić information content (AvgIpc) is 2.82. The van der Waals surface area contributed by atoms with Crippen LogP contribution < -0.4 is 16.0 Å². The Morgan fingerprint density at radius 2 is 2.11 bits per heavy atom. The predicted octanol–water partition coefficient (Wildman–Crippen LogP) is 1.62. The van der Waals surface area contributed by atoms with Crippen molar-refractivity contribution in [2.24, 2.45) is 5.84 Å². The minimum atomic E-state index is -0.131. The van der Waals surface area contributed by atoms with Gasteiger partial charge in [-0.05, 0) is 12.8 Å². The highest BCUT2D eigenvalue weighted by Crippen LogP contribution is 2.29. The molecular weight excluding hydrogens is 244 g/mol. The SMILES string of the molecule is CCCC(OC)C(NN)c1c(OC)cnn1CCC. The maximum atomic E-state index is 5.73. The first-order chi connectivity index (χ1) is 9.23. The zero-order chi connectivity index (χ0) is 14.3. The van der Waals surface area contributed by atoms with Crippen LogP contribution >= 0.6 is 0 Å². The smallest absolute Gasteiger partial charge is 0.161 e. The van der Waals surface area contributed by atoms with Crippen LogP contribution in [0.15, 0.2) is 6.20 Å².